The van der Waals surface area contributed by atoms with Crippen LogP contribution in [-0.2, 0) is 0 Å². The molecule has 0 fully saturated rings. The number of carboxylic acid groups (broad SMARTS) is 1. The van der Waals surface area contributed by atoms with Crippen LogP contribution >= 0.6 is 0 Å². The van der Waals surface area contributed by atoms with Gasteiger partial charge in [0.15, 0.2) is 11.6 Å². The number of halogens is 1. The summed E-state index contributed by atoms with van der Waals surface area (Å²) in [5.41, 5.74) is -0.0961. The van der Waals surface area contributed by atoms with Crippen molar-refractivity contribution >= 4 is 5.97 Å². The largest absolute Gasteiger partial charge is 0.478 e. The number of nitriles is 1. The minimum Gasteiger partial charge on any atom is -0.478 e. The minimum atomic E-state index is -1.37. The predicted molar refractivity (Wildman–Crippen MR) is 64.6 cm³/mol. The van der Waals surface area contributed by atoms with Crippen LogP contribution < -0.4 is 4.74 Å². The Bertz CT molecular complexity index is 677. The van der Waals surface area contributed by atoms with E-state index in [1.165, 1.54) is 18.2 Å². The van der Waals surface area contributed by atoms with Crippen LogP contribution in [0.4, 0.5) is 4.39 Å². The molecule has 2 aromatic rings. The van der Waals surface area contributed by atoms with E-state index in [2.05, 4.69) is 0 Å². The lowest BCUT2D eigenvalue weighted by Gasteiger charge is -2.08. The van der Waals surface area contributed by atoms with E-state index in [4.69, 9.17) is 15.1 Å². The van der Waals surface area contributed by atoms with Gasteiger partial charge in [0.1, 0.15) is 5.75 Å². The molecule has 0 bridgehead atoms. The summed E-state index contributed by atoms with van der Waals surface area (Å²) in [7, 11) is 0. The van der Waals surface area contributed by atoms with Crippen molar-refractivity contribution in [2.45, 2.75) is 0 Å². The summed E-state index contributed by atoms with van der Waals surface area (Å²) in [5, 5.41) is 17.5. The second kappa shape index (κ2) is 5.19. The lowest BCUT2D eigenvalue weighted by molar-refractivity contribution is 0.0691. The third-order valence-corrected chi connectivity index (χ3v) is 2.38. The van der Waals surface area contributed by atoms with E-state index >= 15 is 0 Å². The maximum atomic E-state index is 13.8. The van der Waals surface area contributed by atoms with Gasteiger partial charge in [-0.1, -0.05) is 12.1 Å². The highest BCUT2D eigenvalue weighted by Crippen LogP contribution is 2.26. The summed E-state index contributed by atoms with van der Waals surface area (Å²) >= 11 is 0. The Morgan fingerprint density at radius 2 is 2.00 bits per heavy atom. The van der Waals surface area contributed by atoms with E-state index in [0.717, 1.165) is 6.07 Å². The molecule has 0 heterocycles. The van der Waals surface area contributed by atoms with Crippen LogP contribution in [-0.4, -0.2) is 11.1 Å². The molecule has 94 valence electrons. The van der Waals surface area contributed by atoms with E-state index < -0.39 is 17.3 Å². The van der Waals surface area contributed by atoms with Crippen molar-refractivity contribution in [2.75, 3.05) is 0 Å². The van der Waals surface area contributed by atoms with Crippen LogP contribution in [0.1, 0.15) is 15.9 Å². The Kier molecular flexibility index (Phi) is 3.44. The Balaban J connectivity index is 2.36. The molecule has 4 nitrogen and oxygen atoms in total. The standard InChI is InChI=1S/C14H8FNO3/c15-13-11(14(17)18)5-2-6-12(13)19-10-4-1-3-9(7-10)8-16/h1-7H,(H,17,18). The summed E-state index contributed by atoms with van der Waals surface area (Å²) in [6.45, 7) is 0. The highest BCUT2D eigenvalue weighted by Gasteiger charge is 2.15. The van der Waals surface area contributed by atoms with Crippen LogP contribution in [0.5, 0.6) is 11.5 Å². The number of benzene rings is 2. The SMILES string of the molecule is N#Cc1cccc(Oc2cccc(C(=O)O)c2F)c1. The normalized spacial score (nSPS) is 9.68. The number of hydrogen-bond donors (Lipinski definition) is 1. The zero-order valence-electron chi connectivity index (χ0n) is 9.63. The molecule has 0 aliphatic heterocycles. The van der Waals surface area contributed by atoms with Gasteiger partial charge < -0.3 is 9.84 Å². The summed E-state index contributed by atoms with van der Waals surface area (Å²) in [6, 6.07) is 11.9. The molecule has 2 aromatic carbocycles. The van der Waals surface area contributed by atoms with E-state index in [9.17, 15) is 9.18 Å². The Morgan fingerprint density at radius 1 is 1.26 bits per heavy atom. The predicted octanol–water partition coefficient (Wildman–Crippen LogP) is 3.19. The molecule has 0 atom stereocenters. The van der Waals surface area contributed by atoms with Crippen molar-refractivity contribution in [3.63, 3.8) is 0 Å². The van der Waals surface area contributed by atoms with Gasteiger partial charge in [-0.2, -0.15) is 5.26 Å². The fraction of sp³-hybridized carbons (Fsp3) is 0. The molecule has 0 aliphatic carbocycles. The molecule has 0 saturated heterocycles. The molecular formula is C14H8FNO3. The first-order valence-corrected chi connectivity index (χ1v) is 5.31. The fourth-order valence-corrected chi connectivity index (χ4v) is 1.51. The van der Waals surface area contributed by atoms with Crippen molar-refractivity contribution < 1.29 is 19.0 Å². The summed E-state index contributed by atoms with van der Waals surface area (Å²) in [4.78, 5) is 10.8. The molecule has 2 rings (SSSR count). The monoisotopic (exact) mass is 257 g/mol. The summed E-state index contributed by atoms with van der Waals surface area (Å²) in [6.07, 6.45) is 0. The topological polar surface area (TPSA) is 70.3 Å². The molecular weight excluding hydrogens is 249 g/mol. The molecule has 0 aromatic heterocycles. The Morgan fingerprint density at radius 3 is 2.68 bits per heavy atom. The van der Waals surface area contributed by atoms with Crippen molar-refractivity contribution in [3.05, 3.63) is 59.4 Å². The number of nitrogens with zero attached hydrogens (tertiary/aromatic N) is 1. The molecule has 0 amide bonds. The molecule has 0 aliphatic rings. The average Bonchev–Trinajstić information content (AvgIpc) is 2.41. The van der Waals surface area contributed by atoms with Crippen LogP contribution in [0.15, 0.2) is 42.5 Å². The van der Waals surface area contributed by atoms with Gasteiger partial charge in [0, 0.05) is 0 Å². The van der Waals surface area contributed by atoms with Gasteiger partial charge in [-0.3, -0.25) is 0 Å². The van der Waals surface area contributed by atoms with Gasteiger partial charge in [0.2, 0.25) is 0 Å². The lowest BCUT2D eigenvalue weighted by Crippen LogP contribution is -2.01. The van der Waals surface area contributed by atoms with E-state index in [1.807, 2.05) is 6.07 Å². The average molecular weight is 257 g/mol. The first-order chi connectivity index (χ1) is 9.11. The first-order valence-electron chi connectivity index (χ1n) is 5.31. The summed E-state index contributed by atoms with van der Waals surface area (Å²) in [5.74, 6) is -2.25. The van der Waals surface area contributed by atoms with E-state index in [0.29, 0.717) is 5.56 Å². The number of aromatic carboxylic acids is 1. The van der Waals surface area contributed by atoms with Crippen LogP contribution in [0.3, 0.4) is 0 Å². The number of hydrogen-bond acceptors (Lipinski definition) is 3. The van der Waals surface area contributed by atoms with Gasteiger partial charge in [0.25, 0.3) is 0 Å². The number of carbonyl (C=O) groups is 1. The van der Waals surface area contributed by atoms with Crippen LogP contribution in [0, 0.1) is 17.1 Å². The van der Waals surface area contributed by atoms with Crippen molar-refractivity contribution in [3.8, 4) is 17.6 Å². The first kappa shape index (κ1) is 12.6. The van der Waals surface area contributed by atoms with E-state index in [-0.39, 0.29) is 11.5 Å². The van der Waals surface area contributed by atoms with Crippen molar-refractivity contribution in [1.82, 2.24) is 0 Å². The van der Waals surface area contributed by atoms with Crippen molar-refractivity contribution in [1.29, 1.82) is 5.26 Å². The van der Waals surface area contributed by atoms with Crippen molar-refractivity contribution in [2.24, 2.45) is 0 Å². The molecule has 0 radical (unpaired) electrons. The molecule has 1 N–H and O–H groups in total. The quantitative estimate of drug-likeness (QED) is 0.916. The summed E-state index contributed by atoms with van der Waals surface area (Å²) < 4.78 is 19.1. The second-order valence-corrected chi connectivity index (χ2v) is 3.66. The van der Waals surface area contributed by atoms with Gasteiger partial charge in [-0.25, -0.2) is 9.18 Å². The number of carboxylic acids is 1. The molecule has 0 saturated carbocycles. The third kappa shape index (κ3) is 2.69. The fourth-order valence-electron chi connectivity index (χ4n) is 1.51. The molecule has 19 heavy (non-hydrogen) atoms. The smallest absolute Gasteiger partial charge is 0.338 e. The molecule has 0 spiro atoms. The third-order valence-electron chi connectivity index (χ3n) is 2.38. The number of rotatable bonds is 3. The molecule has 0 unspecified atom stereocenters. The van der Waals surface area contributed by atoms with Crippen LogP contribution in [0.25, 0.3) is 0 Å². The van der Waals surface area contributed by atoms with Crippen LogP contribution in [0.2, 0.25) is 0 Å². The zero-order chi connectivity index (χ0) is 13.8. The maximum absolute atomic E-state index is 13.8. The Hall–Kier alpha value is -2.87. The second-order valence-electron chi connectivity index (χ2n) is 3.66. The lowest BCUT2D eigenvalue weighted by atomic mass is 10.2. The maximum Gasteiger partial charge on any atom is 0.338 e. The minimum absolute atomic E-state index is 0.199. The highest BCUT2D eigenvalue weighted by atomic mass is 19.1. The van der Waals surface area contributed by atoms with Gasteiger partial charge in [-0.05, 0) is 30.3 Å². The van der Waals surface area contributed by atoms with E-state index in [1.54, 1.807) is 18.2 Å². The van der Waals surface area contributed by atoms with Gasteiger partial charge >= 0.3 is 5.97 Å². The van der Waals surface area contributed by atoms with Gasteiger partial charge in [-0.15, -0.1) is 0 Å². The Labute approximate surface area is 108 Å². The van der Waals surface area contributed by atoms with Gasteiger partial charge in [0.05, 0.1) is 17.2 Å². The zero-order valence-corrected chi connectivity index (χ0v) is 9.63. The number of ether oxygens (including phenoxy) is 1. The highest BCUT2D eigenvalue weighted by molar-refractivity contribution is 5.88. The molecule has 5 heteroatoms.